The van der Waals surface area contributed by atoms with Crippen LogP contribution in [0.2, 0.25) is 0 Å². The number of carbonyl (C=O) groups is 1. The molecule has 1 unspecified atom stereocenters. The summed E-state index contributed by atoms with van der Waals surface area (Å²) in [5.41, 5.74) is 1.13. The number of amides is 1. The molecule has 3 nitrogen and oxygen atoms in total. The van der Waals surface area contributed by atoms with Crippen LogP contribution >= 0.6 is 23.5 Å². The van der Waals surface area contributed by atoms with E-state index in [-0.39, 0.29) is 10.1 Å². The molecule has 1 aliphatic heterocycles. The molecule has 23 heavy (non-hydrogen) atoms. The third kappa shape index (κ3) is 2.95. The van der Waals surface area contributed by atoms with E-state index < -0.39 is 6.10 Å². The van der Waals surface area contributed by atoms with E-state index in [0.717, 1.165) is 11.3 Å². The highest BCUT2D eigenvalue weighted by molar-refractivity contribution is 8.17. The van der Waals surface area contributed by atoms with E-state index in [1.807, 2.05) is 78.1 Å². The van der Waals surface area contributed by atoms with Crippen LogP contribution in [0.1, 0.15) is 5.56 Å². The van der Waals surface area contributed by atoms with Crippen molar-refractivity contribution in [2.75, 3.05) is 12.5 Å². The van der Waals surface area contributed by atoms with Gasteiger partial charge in [0.05, 0.1) is 0 Å². The summed E-state index contributed by atoms with van der Waals surface area (Å²) >= 11 is 3.32. The van der Waals surface area contributed by atoms with Gasteiger partial charge in [0.15, 0.2) is 4.20 Å². The van der Waals surface area contributed by atoms with E-state index in [4.69, 9.17) is 4.74 Å². The molecule has 2 aromatic rings. The molecule has 1 heterocycles. The van der Waals surface area contributed by atoms with Crippen LogP contribution in [0, 0.1) is 0 Å². The van der Waals surface area contributed by atoms with Gasteiger partial charge in [-0.05, 0) is 30.2 Å². The van der Waals surface area contributed by atoms with E-state index in [1.54, 1.807) is 23.5 Å². The average Bonchev–Trinajstić information content (AvgIpc) is 2.62. The smallest absolute Gasteiger partial charge is 0.270 e. The number of hydrogen-bond donors (Lipinski definition) is 0. The summed E-state index contributed by atoms with van der Waals surface area (Å²) in [6, 6.07) is 19.6. The zero-order chi connectivity index (χ0) is 16.3. The number of rotatable bonds is 6. The number of carbonyl (C=O) groups excluding carboxylic acids is 1. The summed E-state index contributed by atoms with van der Waals surface area (Å²) in [5.74, 6) is 0.777. The van der Waals surface area contributed by atoms with Crippen molar-refractivity contribution in [2.45, 2.75) is 16.9 Å². The molecule has 1 saturated heterocycles. The number of nitrogens with zero attached hydrogens (tertiary/aromatic N) is 1. The molecule has 0 radical (unpaired) electrons. The van der Waals surface area contributed by atoms with Crippen LogP contribution in [0.25, 0.3) is 0 Å². The lowest BCUT2D eigenvalue weighted by Crippen LogP contribution is -2.72. The maximum atomic E-state index is 12.7. The van der Waals surface area contributed by atoms with Crippen molar-refractivity contribution < 1.29 is 9.53 Å². The fourth-order valence-electron chi connectivity index (χ4n) is 2.76. The van der Waals surface area contributed by atoms with Gasteiger partial charge in [0.1, 0.15) is 5.75 Å². The summed E-state index contributed by atoms with van der Waals surface area (Å²) in [4.78, 5) is 14.6. The van der Waals surface area contributed by atoms with Crippen molar-refractivity contribution in [3.63, 3.8) is 0 Å². The van der Waals surface area contributed by atoms with Crippen LogP contribution < -0.4 is 4.74 Å². The van der Waals surface area contributed by atoms with Crippen molar-refractivity contribution in [1.29, 1.82) is 0 Å². The van der Waals surface area contributed by atoms with Gasteiger partial charge >= 0.3 is 0 Å². The van der Waals surface area contributed by atoms with Gasteiger partial charge in [-0.1, -0.05) is 48.5 Å². The molecule has 1 aliphatic rings. The second-order valence-corrected chi connectivity index (χ2v) is 7.58. The van der Waals surface area contributed by atoms with Crippen LogP contribution in [-0.4, -0.2) is 33.6 Å². The highest BCUT2D eigenvalue weighted by atomic mass is 32.2. The topological polar surface area (TPSA) is 29.5 Å². The Kier molecular flexibility index (Phi) is 4.87. The minimum Gasteiger partial charge on any atom is -0.476 e. The molecule has 0 N–H and O–H groups in total. The summed E-state index contributed by atoms with van der Waals surface area (Å²) < 4.78 is 5.61. The van der Waals surface area contributed by atoms with E-state index in [9.17, 15) is 4.79 Å². The average molecular weight is 345 g/mol. The lowest BCUT2D eigenvalue weighted by atomic mass is 10.1. The maximum Gasteiger partial charge on any atom is 0.270 e. The van der Waals surface area contributed by atoms with Gasteiger partial charge in [0, 0.05) is 6.54 Å². The van der Waals surface area contributed by atoms with Gasteiger partial charge in [-0.3, -0.25) is 4.79 Å². The van der Waals surface area contributed by atoms with E-state index in [1.165, 1.54) is 0 Å². The molecule has 0 spiro atoms. The predicted molar refractivity (Wildman–Crippen MR) is 97.6 cm³/mol. The second-order valence-electron chi connectivity index (χ2n) is 5.26. The first-order valence-electron chi connectivity index (χ1n) is 7.38. The fourth-order valence-corrected chi connectivity index (χ4v) is 4.90. The van der Waals surface area contributed by atoms with Crippen molar-refractivity contribution in [2.24, 2.45) is 0 Å². The van der Waals surface area contributed by atoms with Crippen LogP contribution in [0.15, 0.2) is 60.7 Å². The number of likely N-dealkylation sites (tertiary alicyclic amines) is 1. The molecule has 1 amide bonds. The lowest BCUT2D eigenvalue weighted by Gasteiger charge is -2.54. The Balaban J connectivity index is 1.81. The number of β-lactam (4-membered cyclic amide) rings is 1. The SMILES string of the molecule is CSC1(SC)C(Oc2ccccc2)C(=O)N1Cc1ccccc1. The van der Waals surface area contributed by atoms with Crippen molar-refractivity contribution in [3.8, 4) is 5.75 Å². The summed E-state index contributed by atoms with van der Waals surface area (Å²) in [7, 11) is 0. The maximum absolute atomic E-state index is 12.7. The number of para-hydroxylation sites is 1. The molecule has 5 heteroatoms. The lowest BCUT2D eigenvalue weighted by molar-refractivity contribution is -0.160. The highest BCUT2D eigenvalue weighted by Crippen LogP contribution is 2.50. The Labute approximate surface area is 145 Å². The number of ether oxygens (including phenoxy) is 1. The van der Waals surface area contributed by atoms with E-state index in [0.29, 0.717) is 6.54 Å². The molecule has 2 aromatic carbocycles. The van der Waals surface area contributed by atoms with Crippen molar-refractivity contribution in [3.05, 3.63) is 66.2 Å². The molecular weight excluding hydrogens is 326 g/mol. The van der Waals surface area contributed by atoms with Crippen LogP contribution in [0.4, 0.5) is 0 Å². The summed E-state index contributed by atoms with van der Waals surface area (Å²) in [6.07, 6.45) is 3.60. The highest BCUT2D eigenvalue weighted by Gasteiger charge is 2.61. The Hall–Kier alpha value is -1.59. The molecule has 0 aromatic heterocycles. The first kappa shape index (κ1) is 16.3. The normalized spacial score (nSPS) is 19.3. The van der Waals surface area contributed by atoms with Gasteiger partial charge in [-0.25, -0.2) is 0 Å². The summed E-state index contributed by atoms with van der Waals surface area (Å²) in [5, 5.41) is 0. The minimum absolute atomic E-state index is 0.0430. The first-order chi connectivity index (χ1) is 11.2. The number of benzene rings is 2. The van der Waals surface area contributed by atoms with Gasteiger partial charge < -0.3 is 9.64 Å². The Morgan fingerprint density at radius 1 is 1.00 bits per heavy atom. The monoisotopic (exact) mass is 345 g/mol. The Bertz CT molecular complexity index is 606. The molecule has 120 valence electrons. The van der Waals surface area contributed by atoms with Gasteiger partial charge in [-0.2, -0.15) is 0 Å². The van der Waals surface area contributed by atoms with Gasteiger partial charge in [0.2, 0.25) is 6.10 Å². The van der Waals surface area contributed by atoms with E-state index in [2.05, 4.69) is 0 Å². The van der Waals surface area contributed by atoms with Crippen LogP contribution in [-0.2, 0) is 11.3 Å². The molecule has 0 bridgehead atoms. The quantitative estimate of drug-likeness (QED) is 0.587. The molecule has 1 fully saturated rings. The van der Waals surface area contributed by atoms with Crippen LogP contribution in [0.5, 0.6) is 5.75 Å². The van der Waals surface area contributed by atoms with E-state index >= 15 is 0 Å². The van der Waals surface area contributed by atoms with Gasteiger partial charge in [0.25, 0.3) is 5.91 Å². The molecule has 1 atom stereocenters. The largest absolute Gasteiger partial charge is 0.476 e. The third-order valence-electron chi connectivity index (χ3n) is 3.96. The molecular formula is C18H19NO2S2. The minimum atomic E-state index is -0.460. The van der Waals surface area contributed by atoms with Crippen molar-refractivity contribution in [1.82, 2.24) is 4.90 Å². The second kappa shape index (κ2) is 6.89. The molecule has 3 rings (SSSR count). The predicted octanol–water partition coefficient (Wildman–Crippen LogP) is 3.86. The van der Waals surface area contributed by atoms with Gasteiger partial charge in [-0.15, -0.1) is 23.5 Å². The zero-order valence-corrected chi connectivity index (χ0v) is 14.8. The fraction of sp³-hybridized carbons (Fsp3) is 0.278. The first-order valence-corrected chi connectivity index (χ1v) is 9.83. The zero-order valence-electron chi connectivity index (χ0n) is 13.1. The number of thioether (sulfide) groups is 2. The van der Waals surface area contributed by atoms with Crippen LogP contribution in [0.3, 0.4) is 0 Å². The Morgan fingerprint density at radius 2 is 1.57 bits per heavy atom. The standard InChI is InChI=1S/C18H19NO2S2/c1-22-18(23-2)16(21-15-11-7-4-8-12-15)17(20)19(18)13-14-9-5-3-6-10-14/h3-12,16H,13H2,1-2H3. The number of hydrogen-bond acceptors (Lipinski definition) is 4. The van der Waals surface area contributed by atoms with Crippen molar-refractivity contribution >= 4 is 29.4 Å². The molecule has 0 aliphatic carbocycles. The third-order valence-corrected chi connectivity index (χ3v) is 7.00. The Morgan fingerprint density at radius 3 is 2.13 bits per heavy atom. The summed E-state index contributed by atoms with van der Waals surface area (Å²) in [6.45, 7) is 0.607. The molecule has 0 saturated carbocycles.